The molecule has 0 spiro atoms. The average molecular weight is 428 g/mol. The van der Waals surface area contributed by atoms with E-state index < -0.39 is 0 Å². The Balaban J connectivity index is 0.00000256. The van der Waals surface area contributed by atoms with E-state index in [1.165, 1.54) is 28.2 Å². The third-order valence-corrected chi connectivity index (χ3v) is 6.03. The molecule has 0 amide bonds. The zero-order valence-electron chi connectivity index (χ0n) is 18.6. The first-order valence-corrected chi connectivity index (χ1v) is 11.0. The van der Waals surface area contributed by atoms with Crippen molar-refractivity contribution in [2.45, 2.75) is 39.5 Å². The van der Waals surface area contributed by atoms with Crippen LogP contribution < -0.4 is 22.2 Å². The maximum absolute atomic E-state index is 5.56. The van der Waals surface area contributed by atoms with Gasteiger partial charge < -0.3 is 22.0 Å². The van der Waals surface area contributed by atoms with Crippen LogP contribution in [0.5, 0.6) is 0 Å². The lowest BCUT2D eigenvalue weighted by molar-refractivity contribution is -0.425. The fourth-order valence-electron chi connectivity index (χ4n) is 4.47. The summed E-state index contributed by atoms with van der Waals surface area (Å²) in [5.41, 5.74) is 6.90. The zero-order chi connectivity index (χ0) is 20.4. The molecule has 2 aromatic carbocycles. The Labute approximate surface area is 187 Å². The van der Waals surface area contributed by atoms with E-state index in [2.05, 4.69) is 90.9 Å². The topological polar surface area (TPSA) is 18.7 Å². The van der Waals surface area contributed by atoms with Crippen LogP contribution in [0.1, 0.15) is 50.7 Å². The first-order valence-electron chi connectivity index (χ1n) is 11.0. The third kappa shape index (κ3) is 4.50. The predicted octanol–water partition coefficient (Wildman–Crippen LogP) is 1.97. The maximum atomic E-state index is 5.56. The van der Waals surface area contributed by atoms with Crippen molar-refractivity contribution in [2.75, 3.05) is 49.2 Å². The number of morpholine rings is 1. The molecule has 0 unspecified atom stereocenters. The molecule has 0 atom stereocenters. The first kappa shape index (κ1) is 22.6. The first-order chi connectivity index (χ1) is 14.1. The molecule has 2 heterocycles. The minimum atomic E-state index is 0. The second kappa shape index (κ2) is 9.84. The second-order valence-corrected chi connectivity index (χ2v) is 8.68. The maximum Gasteiger partial charge on any atom is 0.244 e. The SMILES string of the molecule is CC(C)c1cccc(C(C)C)c1[N+]1=CN(c2ccccc2N2CCOCC2)CC1.[Cl-]. The van der Waals surface area contributed by atoms with Crippen LogP contribution >= 0.6 is 0 Å². The van der Waals surface area contributed by atoms with Gasteiger partial charge in [-0.25, -0.2) is 9.48 Å². The van der Waals surface area contributed by atoms with E-state index in [4.69, 9.17) is 4.74 Å². The van der Waals surface area contributed by atoms with E-state index in [9.17, 15) is 0 Å². The molecule has 30 heavy (non-hydrogen) atoms. The molecule has 5 heteroatoms. The van der Waals surface area contributed by atoms with Crippen LogP contribution in [0.25, 0.3) is 0 Å². The molecular weight excluding hydrogens is 394 g/mol. The van der Waals surface area contributed by atoms with Crippen LogP contribution in [0, 0.1) is 0 Å². The van der Waals surface area contributed by atoms with Gasteiger partial charge in [0.25, 0.3) is 0 Å². The molecule has 1 saturated heterocycles. The molecule has 0 aliphatic carbocycles. The van der Waals surface area contributed by atoms with Crippen molar-refractivity contribution in [1.82, 2.24) is 0 Å². The highest BCUT2D eigenvalue weighted by Gasteiger charge is 2.29. The van der Waals surface area contributed by atoms with Gasteiger partial charge in [0.05, 0.1) is 18.9 Å². The third-order valence-electron chi connectivity index (χ3n) is 6.03. The standard InChI is InChI=1S/C25H34N3O.ClH/c1-19(2)21-8-7-9-22(20(3)4)25(21)28-13-12-27(18-28)24-11-6-5-10-23(24)26-14-16-29-17-15-26;/h5-11,18-20H,12-17H2,1-4H3;1H/q+1;/p-1. The molecule has 0 radical (unpaired) electrons. The van der Waals surface area contributed by atoms with Crippen molar-refractivity contribution in [3.63, 3.8) is 0 Å². The quantitative estimate of drug-likeness (QED) is 0.680. The van der Waals surface area contributed by atoms with Crippen molar-refractivity contribution in [2.24, 2.45) is 0 Å². The minimum Gasteiger partial charge on any atom is -1.00 e. The highest BCUT2D eigenvalue weighted by atomic mass is 35.5. The van der Waals surface area contributed by atoms with Crippen LogP contribution in [-0.2, 0) is 4.74 Å². The Morgan fingerprint density at radius 3 is 2.00 bits per heavy atom. The van der Waals surface area contributed by atoms with E-state index in [1.54, 1.807) is 0 Å². The van der Waals surface area contributed by atoms with Crippen LogP contribution in [0.3, 0.4) is 0 Å². The number of para-hydroxylation sites is 3. The number of rotatable bonds is 5. The van der Waals surface area contributed by atoms with E-state index in [1.807, 2.05) is 0 Å². The number of nitrogens with zero attached hydrogens (tertiary/aromatic N) is 3. The smallest absolute Gasteiger partial charge is 0.244 e. The molecule has 162 valence electrons. The monoisotopic (exact) mass is 427 g/mol. The Bertz CT molecular complexity index is 861. The summed E-state index contributed by atoms with van der Waals surface area (Å²) < 4.78 is 8.03. The molecular formula is C25H34ClN3O. The molecule has 0 bridgehead atoms. The molecule has 4 rings (SSSR count). The highest BCUT2D eigenvalue weighted by molar-refractivity contribution is 5.86. The van der Waals surface area contributed by atoms with Gasteiger partial charge in [0, 0.05) is 24.2 Å². The Kier molecular flexibility index (Phi) is 7.43. The summed E-state index contributed by atoms with van der Waals surface area (Å²) in [5, 5.41) is 0. The second-order valence-electron chi connectivity index (χ2n) is 8.68. The summed E-state index contributed by atoms with van der Waals surface area (Å²) in [4.78, 5) is 4.88. The summed E-state index contributed by atoms with van der Waals surface area (Å²) >= 11 is 0. The van der Waals surface area contributed by atoms with Crippen molar-refractivity contribution in [3.05, 3.63) is 53.6 Å². The van der Waals surface area contributed by atoms with E-state index >= 15 is 0 Å². The van der Waals surface area contributed by atoms with Gasteiger partial charge in [0.2, 0.25) is 6.34 Å². The lowest BCUT2D eigenvalue weighted by Gasteiger charge is -2.30. The van der Waals surface area contributed by atoms with E-state index in [0.29, 0.717) is 11.8 Å². The lowest BCUT2D eigenvalue weighted by Crippen LogP contribution is -3.00. The fraction of sp³-hybridized carbons (Fsp3) is 0.480. The average Bonchev–Trinajstić information content (AvgIpc) is 3.23. The number of ether oxygens (including phenoxy) is 1. The van der Waals surface area contributed by atoms with E-state index in [0.717, 1.165) is 39.4 Å². The number of halogens is 1. The summed E-state index contributed by atoms with van der Waals surface area (Å²) in [5.74, 6) is 1.01. The summed E-state index contributed by atoms with van der Waals surface area (Å²) in [6, 6.07) is 15.6. The molecule has 2 aromatic rings. The number of anilines is 2. The molecule has 2 aliphatic heterocycles. The molecule has 0 aromatic heterocycles. The van der Waals surface area contributed by atoms with Gasteiger partial charge in [-0.1, -0.05) is 58.0 Å². The summed E-state index contributed by atoms with van der Waals surface area (Å²) in [6.07, 6.45) is 2.33. The predicted molar refractivity (Wildman–Crippen MR) is 122 cm³/mol. The largest absolute Gasteiger partial charge is 1.00 e. The molecule has 1 fully saturated rings. The van der Waals surface area contributed by atoms with Crippen LogP contribution in [0.2, 0.25) is 0 Å². The Morgan fingerprint density at radius 2 is 1.40 bits per heavy atom. The Hall–Kier alpha value is -2.04. The van der Waals surface area contributed by atoms with Gasteiger partial charge in [-0.2, -0.15) is 0 Å². The van der Waals surface area contributed by atoms with E-state index in [-0.39, 0.29) is 12.4 Å². The van der Waals surface area contributed by atoms with Crippen molar-refractivity contribution >= 4 is 23.4 Å². The van der Waals surface area contributed by atoms with Gasteiger partial charge in [-0.05, 0) is 24.0 Å². The fourth-order valence-corrected chi connectivity index (χ4v) is 4.47. The van der Waals surface area contributed by atoms with Gasteiger partial charge in [-0.3, -0.25) is 0 Å². The molecule has 4 nitrogen and oxygen atoms in total. The van der Waals surface area contributed by atoms with Crippen LogP contribution in [-0.4, -0.2) is 50.3 Å². The van der Waals surface area contributed by atoms with Crippen LogP contribution in [0.15, 0.2) is 42.5 Å². The molecule has 2 aliphatic rings. The summed E-state index contributed by atoms with van der Waals surface area (Å²) in [6.45, 7) is 14.7. The van der Waals surface area contributed by atoms with Gasteiger partial charge >= 0.3 is 0 Å². The molecule has 0 N–H and O–H groups in total. The number of hydrogen-bond donors (Lipinski definition) is 0. The molecule has 0 saturated carbocycles. The van der Waals surface area contributed by atoms with Crippen molar-refractivity contribution in [3.8, 4) is 0 Å². The minimum absolute atomic E-state index is 0. The van der Waals surface area contributed by atoms with Crippen molar-refractivity contribution < 1.29 is 21.7 Å². The van der Waals surface area contributed by atoms with Gasteiger partial charge in [0.15, 0.2) is 0 Å². The Morgan fingerprint density at radius 1 is 0.800 bits per heavy atom. The lowest BCUT2D eigenvalue weighted by atomic mass is 9.92. The van der Waals surface area contributed by atoms with Gasteiger partial charge in [-0.15, -0.1) is 0 Å². The van der Waals surface area contributed by atoms with Crippen molar-refractivity contribution in [1.29, 1.82) is 0 Å². The van der Waals surface area contributed by atoms with Gasteiger partial charge in [0.1, 0.15) is 24.5 Å². The number of hydrogen-bond acceptors (Lipinski definition) is 3. The number of benzene rings is 2. The summed E-state index contributed by atoms with van der Waals surface area (Å²) in [7, 11) is 0. The normalized spacial score (nSPS) is 16.8. The highest BCUT2D eigenvalue weighted by Crippen LogP contribution is 2.36. The van der Waals surface area contributed by atoms with Crippen LogP contribution in [0.4, 0.5) is 17.1 Å². The zero-order valence-corrected chi connectivity index (χ0v) is 19.4.